The Balaban J connectivity index is 2.15. The third kappa shape index (κ3) is 4.29. The number of rotatable bonds is 3. The Labute approximate surface area is 146 Å². The highest BCUT2D eigenvalue weighted by Crippen LogP contribution is 2.40. The van der Waals surface area contributed by atoms with Crippen LogP contribution in [0.15, 0.2) is 30.3 Å². The molecule has 24 heavy (non-hydrogen) atoms. The molecule has 134 valence electrons. The van der Waals surface area contributed by atoms with E-state index in [2.05, 4.69) is 27.7 Å². The van der Waals surface area contributed by atoms with Gasteiger partial charge in [0.15, 0.2) is 0 Å². The first-order chi connectivity index (χ1) is 10.9. The van der Waals surface area contributed by atoms with Gasteiger partial charge in [0.25, 0.3) is 0 Å². The van der Waals surface area contributed by atoms with Gasteiger partial charge >= 0.3 is 5.97 Å². The number of carbonyl (C=O) groups excluding carboxylic acids is 1. The average Bonchev–Trinajstić information content (AvgIpc) is 2.41. The van der Waals surface area contributed by atoms with Crippen molar-refractivity contribution in [3.05, 3.63) is 30.3 Å². The van der Waals surface area contributed by atoms with Gasteiger partial charge in [-0.25, -0.2) is 4.79 Å². The van der Waals surface area contributed by atoms with Crippen molar-refractivity contribution >= 4 is 5.97 Å². The quantitative estimate of drug-likeness (QED) is 0.811. The molecular weight excluding hydrogens is 302 g/mol. The summed E-state index contributed by atoms with van der Waals surface area (Å²) in [5.74, 6) is 0.681. The standard InChI is InChI=1S/C20H31NO3/c1-18(2,3)17(22)24-21-19(4,5)13-16(14-20(21,6)7)23-15-11-9-8-10-12-15/h8-12,16H,13-14H2,1-7H3. The second kappa shape index (κ2) is 6.40. The maximum absolute atomic E-state index is 12.4. The average molecular weight is 333 g/mol. The van der Waals surface area contributed by atoms with Crippen LogP contribution < -0.4 is 4.74 Å². The molecule has 0 saturated carbocycles. The number of ether oxygens (including phenoxy) is 1. The lowest BCUT2D eigenvalue weighted by Gasteiger charge is -2.52. The highest BCUT2D eigenvalue weighted by Gasteiger charge is 2.49. The van der Waals surface area contributed by atoms with Crippen LogP contribution in [0.4, 0.5) is 0 Å². The zero-order chi connectivity index (χ0) is 18.2. The van der Waals surface area contributed by atoms with Crippen molar-refractivity contribution in [1.29, 1.82) is 0 Å². The van der Waals surface area contributed by atoms with Crippen LogP contribution in [0.2, 0.25) is 0 Å². The Bertz CT molecular complexity index is 554. The summed E-state index contributed by atoms with van der Waals surface area (Å²) >= 11 is 0. The molecule has 1 aliphatic rings. The molecule has 0 spiro atoms. The fourth-order valence-corrected chi connectivity index (χ4v) is 3.41. The summed E-state index contributed by atoms with van der Waals surface area (Å²) < 4.78 is 6.18. The highest BCUT2D eigenvalue weighted by atomic mass is 16.7. The van der Waals surface area contributed by atoms with E-state index in [4.69, 9.17) is 9.57 Å². The van der Waals surface area contributed by atoms with Crippen molar-refractivity contribution in [2.75, 3.05) is 0 Å². The number of benzene rings is 1. The molecule has 1 saturated heterocycles. The van der Waals surface area contributed by atoms with E-state index in [1.165, 1.54) is 0 Å². The van der Waals surface area contributed by atoms with Gasteiger partial charge in [0.05, 0.1) is 16.5 Å². The summed E-state index contributed by atoms with van der Waals surface area (Å²) in [5, 5.41) is 1.87. The number of hydrogen-bond donors (Lipinski definition) is 0. The van der Waals surface area contributed by atoms with Crippen LogP contribution in [0.1, 0.15) is 61.3 Å². The molecule has 1 aromatic rings. The molecule has 1 aromatic carbocycles. The van der Waals surface area contributed by atoms with Gasteiger partial charge in [0, 0.05) is 12.8 Å². The van der Waals surface area contributed by atoms with E-state index in [1.807, 2.05) is 56.2 Å². The fourth-order valence-electron chi connectivity index (χ4n) is 3.41. The molecule has 0 bridgehead atoms. The van der Waals surface area contributed by atoms with Gasteiger partial charge in [-0.1, -0.05) is 18.2 Å². The molecule has 1 heterocycles. The van der Waals surface area contributed by atoms with Crippen molar-refractivity contribution in [2.45, 2.75) is 78.5 Å². The largest absolute Gasteiger partial charge is 0.490 e. The van der Waals surface area contributed by atoms with Gasteiger partial charge in [-0.3, -0.25) is 0 Å². The Morgan fingerprint density at radius 2 is 1.54 bits per heavy atom. The summed E-state index contributed by atoms with van der Waals surface area (Å²) in [6.45, 7) is 14.0. The summed E-state index contributed by atoms with van der Waals surface area (Å²) in [7, 11) is 0. The fraction of sp³-hybridized carbons (Fsp3) is 0.650. The van der Waals surface area contributed by atoms with Crippen LogP contribution in [0.3, 0.4) is 0 Å². The van der Waals surface area contributed by atoms with Crippen LogP contribution in [-0.4, -0.2) is 28.2 Å². The van der Waals surface area contributed by atoms with Crippen LogP contribution in [-0.2, 0) is 9.63 Å². The maximum atomic E-state index is 12.4. The second-order valence-electron chi connectivity index (χ2n) is 9.01. The Kier molecular flexibility index (Phi) is 5.01. The Hall–Kier alpha value is -1.55. The highest BCUT2D eigenvalue weighted by molar-refractivity contribution is 5.75. The Morgan fingerprint density at radius 1 is 1.04 bits per heavy atom. The molecule has 4 nitrogen and oxygen atoms in total. The molecule has 1 fully saturated rings. The van der Waals surface area contributed by atoms with Crippen LogP contribution in [0, 0.1) is 5.41 Å². The van der Waals surface area contributed by atoms with E-state index in [0.717, 1.165) is 18.6 Å². The molecule has 0 N–H and O–H groups in total. The number of piperidine rings is 1. The lowest BCUT2D eigenvalue weighted by atomic mass is 9.80. The number of hydrogen-bond acceptors (Lipinski definition) is 4. The summed E-state index contributed by atoms with van der Waals surface area (Å²) in [6.07, 6.45) is 1.67. The molecular formula is C20H31NO3. The normalized spacial score (nSPS) is 21.3. The van der Waals surface area contributed by atoms with E-state index in [9.17, 15) is 4.79 Å². The minimum atomic E-state index is -0.524. The van der Waals surface area contributed by atoms with E-state index < -0.39 is 5.41 Å². The number of nitrogens with zero attached hydrogens (tertiary/aromatic N) is 1. The maximum Gasteiger partial charge on any atom is 0.330 e. The van der Waals surface area contributed by atoms with E-state index in [0.29, 0.717) is 0 Å². The molecule has 0 aliphatic carbocycles. The molecule has 0 radical (unpaired) electrons. The lowest BCUT2D eigenvalue weighted by molar-refractivity contribution is -0.279. The first-order valence-electron chi connectivity index (χ1n) is 8.66. The number of hydroxylamine groups is 2. The third-order valence-electron chi connectivity index (χ3n) is 4.39. The molecule has 1 aliphatic heterocycles. The van der Waals surface area contributed by atoms with Crippen LogP contribution in [0.5, 0.6) is 5.75 Å². The van der Waals surface area contributed by atoms with Crippen LogP contribution in [0.25, 0.3) is 0 Å². The lowest BCUT2D eigenvalue weighted by Crippen LogP contribution is -2.63. The predicted octanol–water partition coefficient (Wildman–Crippen LogP) is 4.59. The zero-order valence-electron chi connectivity index (χ0n) is 16.1. The molecule has 0 atom stereocenters. The minimum absolute atomic E-state index is 0.0852. The van der Waals surface area contributed by atoms with Crippen molar-refractivity contribution in [3.63, 3.8) is 0 Å². The number of carbonyl (C=O) groups is 1. The molecule has 0 amide bonds. The summed E-state index contributed by atoms with van der Waals surface area (Å²) in [4.78, 5) is 18.2. The van der Waals surface area contributed by atoms with Gasteiger partial charge in [0.2, 0.25) is 0 Å². The molecule has 0 aromatic heterocycles. The van der Waals surface area contributed by atoms with E-state index >= 15 is 0 Å². The van der Waals surface area contributed by atoms with Gasteiger partial charge in [-0.2, -0.15) is 0 Å². The van der Waals surface area contributed by atoms with Crippen molar-refractivity contribution in [1.82, 2.24) is 5.06 Å². The van der Waals surface area contributed by atoms with Crippen LogP contribution >= 0.6 is 0 Å². The summed E-state index contributed by atoms with van der Waals surface area (Å²) in [6, 6.07) is 9.89. The second-order valence-corrected chi connectivity index (χ2v) is 9.01. The summed E-state index contributed by atoms with van der Waals surface area (Å²) in [5.41, 5.74) is -1.13. The van der Waals surface area contributed by atoms with Crippen molar-refractivity contribution < 1.29 is 14.4 Å². The van der Waals surface area contributed by atoms with Gasteiger partial charge < -0.3 is 9.57 Å². The topological polar surface area (TPSA) is 38.8 Å². The molecule has 2 rings (SSSR count). The smallest absolute Gasteiger partial charge is 0.330 e. The Morgan fingerprint density at radius 3 is 2.00 bits per heavy atom. The predicted molar refractivity (Wildman–Crippen MR) is 95.6 cm³/mol. The monoisotopic (exact) mass is 333 g/mol. The first kappa shape index (κ1) is 18.8. The molecule has 4 heteroatoms. The molecule has 0 unspecified atom stereocenters. The van der Waals surface area contributed by atoms with Crippen molar-refractivity contribution in [3.8, 4) is 5.75 Å². The zero-order valence-corrected chi connectivity index (χ0v) is 16.1. The van der Waals surface area contributed by atoms with Gasteiger partial charge in [-0.15, -0.1) is 5.06 Å². The number of para-hydroxylation sites is 1. The third-order valence-corrected chi connectivity index (χ3v) is 4.39. The SMILES string of the molecule is CC(C)(C)C(=O)ON1C(C)(C)CC(Oc2ccccc2)CC1(C)C. The van der Waals surface area contributed by atoms with E-state index in [-0.39, 0.29) is 23.2 Å². The first-order valence-corrected chi connectivity index (χ1v) is 8.66. The van der Waals surface area contributed by atoms with E-state index in [1.54, 1.807) is 0 Å². The van der Waals surface area contributed by atoms with Gasteiger partial charge in [-0.05, 0) is 60.6 Å². The van der Waals surface area contributed by atoms with Crippen molar-refractivity contribution in [2.24, 2.45) is 5.41 Å². The minimum Gasteiger partial charge on any atom is -0.490 e. The van der Waals surface area contributed by atoms with Gasteiger partial charge in [0.1, 0.15) is 11.9 Å².